The zero-order chi connectivity index (χ0) is 20.6. The number of hydrogen-bond donors (Lipinski definition) is 2. The fraction of sp³-hybridized carbons (Fsp3) is 0.611. The number of piperidine rings is 1. The van der Waals surface area contributed by atoms with Gasteiger partial charge in [0.25, 0.3) is 0 Å². The molecule has 29 heavy (non-hydrogen) atoms. The van der Waals surface area contributed by atoms with Crippen LogP contribution in [0.1, 0.15) is 31.7 Å². The molecule has 0 aliphatic carbocycles. The molecule has 0 bridgehead atoms. The van der Waals surface area contributed by atoms with E-state index in [1.54, 1.807) is 0 Å². The second-order valence-corrected chi connectivity index (χ2v) is 8.55. The molecule has 0 saturated carbocycles. The van der Waals surface area contributed by atoms with Gasteiger partial charge in [-0.2, -0.15) is 17.5 Å². The maximum absolute atomic E-state index is 12.6. The molecule has 0 aromatic heterocycles. The first kappa shape index (κ1) is 26.0. The van der Waals surface area contributed by atoms with E-state index < -0.39 is 15.5 Å². The smallest absolute Gasteiger partial charge is 0.357 e. The molecule has 0 amide bonds. The summed E-state index contributed by atoms with van der Waals surface area (Å²) in [5.74, 6) is 0.604. The Morgan fingerprint density at radius 1 is 1.21 bits per heavy atom. The van der Waals surface area contributed by atoms with Gasteiger partial charge in [0.05, 0.1) is 0 Å². The summed E-state index contributed by atoms with van der Waals surface area (Å²) in [4.78, 5) is 4.51. The molecule has 0 unspecified atom stereocenters. The van der Waals surface area contributed by atoms with E-state index in [0.717, 1.165) is 12.8 Å². The molecule has 0 radical (unpaired) electrons. The summed E-state index contributed by atoms with van der Waals surface area (Å²) >= 11 is 0. The second-order valence-electron chi connectivity index (χ2n) is 6.62. The summed E-state index contributed by atoms with van der Waals surface area (Å²) in [6, 6.07) is 9.98. The van der Waals surface area contributed by atoms with Crippen molar-refractivity contribution in [3.05, 3.63) is 35.9 Å². The molecular formula is C18H28F3IN4O2S. The highest BCUT2D eigenvalue weighted by atomic mass is 127. The minimum absolute atomic E-state index is 0. The van der Waals surface area contributed by atoms with Gasteiger partial charge in [-0.15, -0.1) is 24.0 Å². The minimum Gasteiger partial charge on any atom is -0.357 e. The lowest BCUT2D eigenvalue weighted by Crippen LogP contribution is -2.51. The van der Waals surface area contributed by atoms with Crippen molar-refractivity contribution >= 4 is 40.0 Å². The van der Waals surface area contributed by atoms with Crippen LogP contribution >= 0.6 is 24.0 Å². The van der Waals surface area contributed by atoms with Crippen LogP contribution in [0.4, 0.5) is 13.2 Å². The largest absolute Gasteiger partial charge is 0.511 e. The van der Waals surface area contributed by atoms with E-state index in [0.29, 0.717) is 36.2 Å². The van der Waals surface area contributed by atoms with Crippen LogP contribution < -0.4 is 10.6 Å². The van der Waals surface area contributed by atoms with E-state index in [1.165, 1.54) is 5.56 Å². The molecule has 166 valence electrons. The van der Waals surface area contributed by atoms with E-state index >= 15 is 0 Å². The summed E-state index contributed by atoms with van der Waals surface area (Å²) in [6.07, 6.45) is 2.38. The number of alkyl halides is 3. The van der Waals surface area contributed by atoms with E-state index in [2.05, 4.69) is 27.8 Å². The summed E-state index contributed by atoms with van der Waals surface area (Å²) in [6.45, 7) is 2.89. The van der Waals surface area contributed by atoms with E-state index in [-0.39, 0.29) is 43.1 Å². The molecule has 1 aliphatic rings. The predicted octanol–water partition coefficient (Wildman–Crippen LogP) is 3.11. The zero-order valence-electron chi connectivity index (χ0n) is 16.3. The first-order chi connectivity index (χ1) is 13.2. The SMILES string of the molecule is CCNC(=NCCCc1ccccc1)NC1CCN(S(=O)(=O)C(F)(F)F)CC1.I. The summed E-state index contributed by atoms with van der Waals surface area (Å²) in [7, 11) is -5.25. The first-order valence-electron chi connectivity index (χ1n) is 9.39. The lowest BCUT2D eigenvalue weighted by atomic mass is 10.1. The first-order valence-corrected chi connectivity index (χ1v) is 10.8. The molecule has 6 nitrogen and oxygen atoms in total. The molecule has 2 rings (SSSR count). The number of rotatable bonds is 7. The van der Waals surface area contributed by atoms with Crippen LogP contribution in [0.2, 0.25) is 0 Å². The Labute approximate surface area is 187 Å². The van der Waals surface area contributed by atoms with Crippen LogP contribution in [0.15, 0.2) is 35.3 Å². The van der Waals surface area contributed by atoms with Crippen molar-refractivity contribution in [3.63, 3.8) is 0 Å². The van der Waals surface area contributed by atoms with Gasteiger partial charge in [0.2, 0.25) is 0 Å². The average molecular weight is 548 g/mol. The molecule has 0 atom stereocenters. The highest BCUT2D eigenvalue weighted by Gasteiger charge is 2.50. The highest BCUT2D eigenvalue weighted by molar-refractivity contribution is 14.0. The Balaban J connectivity index is 0.00000420. The maximum atomic E-state index is 12.6. The van der Waals surface area contributed by atoms with Gasteiger partial charge < -0.3 is 10.6 Å². The number of guanidine groups is 1. The Morgan fingerprint density at radius 3 is 2.38 bits per heavy atom. The molecular weight excluding hydrogens is 520 g/mol. The number of sulfonamides is 1. The topological polar surface area (TPSA) is 73.8 Å². The molecule has 1 fully saturated rings. The molecule has 1 heterocycles. The zero-order valence-corrected chi connectivity index (χ0v) is 19.4. The number of aryl methyl sites for hydroxylation is 1. The van der Waals surface area contributed by atoms with Crippen molar-refractivity contribution in [2.45, 2.75) is 44.2 Å². The van der Waals surface area contributed by atoms with Crippen LogP contribution in [0.3, 0.4) is 0 Å². The highest BCUT2D eigenvalue weighted by Crippen LogP contribution is 2.28. The Hall–Kier alpha value is -1.08. The van der Waals surface area contributed by atoms with Crippen molar-refractivity contribution in [2.24, 2.45) is 4.99 Å². The number of benzene rings is 1. The third-order valence-electron chi connectivity index (χ3n) is 4.51. The molecule has 2 N–H and O–H groups in total. The van der Waals surface area contributed by atoms with Crippen molar-refractivity contribution in [3.8, 4) is 0 Å². The molecule has 0 spiro atoms. The van der Waals surface area contributed by atoms with Gasteiger partial charge in [0.1, 0.15) is 0 Å². The summed E-state index contributed by atoms with van der Waals surface area (Å²) < 4.78 is 61.4. The normalized spacial score (nSPS) is 16.9. The van der Waals surface area contributed by atoms with Gasteiger partial charge in [0, 0.05) is 32.2 Å². The lowest BCUT2D eigenvalue weighted by Gasteiger charge is -2.32. The second kappa shape index (κ2) is 11.9. The van der Waals surface area contributed by atoms with Gasteiger partial charge in [-0.25, -0.2) is 8.42 Å². The number of halogens is 4. The minimum atomic E-state index is -5.25. The predicted molar refractivity (Wildman–Crippen MR) is 119 cm³/mol. The number of nitrogens with one attached hydrogen (secondary N) is 2. The Morgan fingerprint density at radius 2 is 1.83 bits per heavy atom. The molecule has 1 saturated heterocycles. The summed E-state index contributed by atoms with van der Waals surface area (Å²) in [5, 5.41) is 6.32. The van der Waals surface area contributed by atoms with Crippen molar-refractivity contribution < 1.29 is 21.6 Å². The lowest BCUT2D eigenvalue weighted by molar-refractivity contribution is -0.0494. The van der Waals surface area contributed by atoms with Gasteiger partial charge >= 0.3 is 15.5 Å². The van der Waals surface area contributed by atoms with Crippen molar-refractivity contribution in [1.29, 1.82) is 0 Å². The fourth-order valence-electron chi connectivity index (χ4n) is 3.02. The molecule has 1 aliphatic heterocycles. The quantitative estimate of drug-likeness (QED) is 0.238. The van der Waals surface area contributed by atoms with Crippen molar-refractivity contribution in [2.75, 3.05) is 26.2 Å². The van der Waals surface area contributed by atoms with Crippen LogP contribution in [0.25, 0.3) is 0 Å². The van der Waals surface area contributed by atoms with Gasteiger partial charge in [0.15, 0.2) is 5.96 Å². The van der Waals surface area contributed by atoms with Crippen LogP contribution in [-0.4, -0.2) is 56.4 Å². The Bertz CT molecular complexity index is 737. The number of aliphatic imine (C=N–C) groups is 1. The van der Waals surface area contributed by atoms with Gasteiger partial charge in [-0.3, -0.25) is 4.99 Å². The number of nitrogens with zero attached hydrogens (tertiary/aromatic N) is 2. The third-order valence-corrected chi connectivity index (χ3v) is 6.14. The van der Waals surface area contributed by atoms with E-state index in [9.17, 15) is 21.6 Å². The van der Waals surface area contributed by atoms with Crippen LogP contribution in [0, 0.1) is 0 Å². The van der Waals surface area contributed by atoms with Gasteiger partial charge in [-0.05, 0) is 38.2 Å². The maximum Gasteiger partial charge on any atom is 0.511 e. The van der Waals surface area contributed by atoms with Crippen molar-refractivity contribution in [1.82, 2.24) is 14.9 Å². The van der Waals surface area contributed by atoms with E-state index in [4.69, 9.17) is 0 Å². The van der Waals surface area contributed by atoms with Gasteiger partial charge in [-0.1, -0.05) is 30.3 Å². The monoisotopic (exact) mass is 548 g/mol. The van der Waals surface area contributed by atoms with E-state index in [1.807, 2.05) is 25.1 Å². The molecule has 1 aromatic rings. The molecule has 11 heteroatoms. The Kier molecular flexibility index (Phi) is 10.7. The third kappa shape index (κ3) is 7.93. The standard InChI is InChI=1S/C18H27F3N4O2S.HI/c1-2-22-17(23-12-6-9-15-7-4-3-5-8-15)24-16-10-13-25(14-11-16)28(26,27)18(19,20)21;/h3-5,7-8,16H,2,6,9-14H2,1H3,(H2,22,23,24);1H. The summed E-state index contributed by atoms with van der Waals surface area (Å²) in [5.41, 5.74) is -4.00. The number of hydrogen-bond acceptors (Lipinski definition) is 3. The average Bonchev–Trinajstić information content (AvgIpc) is 2.66. The fourth-order valence-corrected chi connectivity index (χ4v) is 4.00. The molecule has 1 aromatic carbocycles. The van der Waals surface area contributed by atoms with Crippen LogP contribution in [0.5, 0.6) is 0 Å². The van der Waals surface area contributed by atoms with Crippen LogP contribution in [-0.2, 0) is 16.4 Å².